The Morgan fingerprint density at radius 3 is 1.52 bits per heavy atom. The minimum absolute atomic E-state index is 0.00721. The number of carbonyl (C=O) groups excluding carboxylic acids is 3. The van der Waals surface area contributed by atoms with E-state index in [9.17, 15) is 38.8 Å². The number of hydrogen-bond donors (Lipinski definition) is 6. The molecule has 0 bridgehead atoms. The van der Waals surface area contributed by atoms with E-state index < -0.39 is 38.3 Å². The van der Waals surface area contributed by atoms with Gasteiger partial charge in [0, 0.05) is 32.0 Å². The van der Waals surface area contributed by atoms with Crippen LogP contribution in [-0.4, -0.2) is 83.9 Å². The summed E-state index contributed by atoms with van der Waals surface area (Å²) in [6, 6.07) is 5.02. The van der Waals surface area contributed by atoms with Crippen LogP contribution >= 0.6 is 7.82 Å². The molecule has 0 heterocycles. The topological polar surface area (TPSA) is 210 Å². The first kappa shape index (κ1) is 61.0. The van der Waals surface area contributed by atoms with Crippen molar-refractivity contribution in [2.45, 2.75) is 225 Å². The lowest BCUT2D eigenvalue weighted by atomic mass is 9.98. The Balaban J connectivity index is 2.73. The number of rotatable bonds is 46. The fourth-order valence-electron chi connectivity index (χ4n) is 7.85. The second-order valence-electron chi connectivity index (χ2n) is 18.1. The van der Waals surface area contributed by atoms with Gasteiger partial charge in [0.1, 0.15) is 11.7 Å². The van der Waals surface area contributed by atoms with Crippen LogP contribution in [0.2, 0.25) is 0 Å². The number of benzene rings is 1. The molecule has 66 heavy (non-hydrogen) atoms. The van der Waals surface area contributed by atoms with E-state index >= 15 is 0 Å². The largest absolute Gasteiger partial charge is 0.508 e. The minimum atomic E-state index is -4.66. The molecule has 15 heteroatoms. The highest BCUT2D eigenvalue weighted by Crippen LogP contribution is 2.43. The van der Waals surface area contributed by atoms with E-state index in [0.717, 1.165) is 77.0 Å². The van der Waals surface area contributed by atoms with E-state index in [2.05, 4.69) is 36.7 Å². The summed E-state index contributed by atoms with van der Waals surface area (Å²) in [5, 5.41) is 27.7. The van der Waals surface area contributed by atoms with E-state index in [1.807, 2.05) is 0 Å². The molecule has 1 rings (SSSR count). The molecular weight excluding hydrogens is 862 g/mol. The Kier molecular flexibility index (Phi) is 37.9. The first-order valence-electron chi connectivity index (χ1n) is 26.0. The van der Waals surface area contributed by atoms with Gasteiger partial charge in [-0.15, -0.1) is 0 Å². The number of phosphoric ester groups is 1. The van der Waals surface area contributed by atoms with Crippen molar-refractivity contribution < 1.29 is 52.6 Å². The molecule has 0 aliphatic heterocycles. The lowest BCUT2D eigenvalue weighted by Crippen LogP contribution is -2.42. The van der Waals surface area contributed by atoms with Crippen molar-refractivity contribution in [3.8, 4) is 5.75 Å². The number of carboxylic acids is 1. The van der Waals surface area contributed by atoms with Crippen LogP contribution in [0.4, 0.5) is 0 Å². The van der Waals surface area contributed by atoms with Gasteiger partial charge in [-0.05, 0) is 49.8 Å². The third-order valence-electron chi connectivity index (χ3n) is 11.9. The number of unbranched alkanes of at least 4 members (excludes halogenated alkanes) is 22. The molecule has 0 saturated carbocycles. The molecule has 3 amide bonds. The quantitative estimate of drug-likeness (QED) is 0.0206. The lowest BCUT2D eigenvalue weighted by molar-refractivity contribution is -0.147. The third-order valence-corrected chi connectivity index (χ3v) is 12.9. The number of ether oxygens (including phenoxy) is 1. The average Bonchev–Trinajstić information content (AvgIpc) is 3.29. The number of phosphoric acid groups is 1. The van der Waals surface area contributed by atoms with Crippen LogP contribution in [0, 0.1) is 5.92 Å². The number of aliphatic carboxylic acids is 1. The van der Waals surface area contributed by atoms with Crippen LogP contribution < -0.4 is 16.0 Å². The van der Waals surface area contributed by atoms with E-state index in [1.165, 1.54) is 114 Å². The van der Waals surface area contributed by atoms with Crippen molar-refractivity contribution in [2.24, 2.45) is 5.92 Å². The zero-order valence-electron chi connectivity index (χ0n) is 41.3. The highest BCUT2D eigenvalue weighted by atomic mass is 31.2. The van der Waals surface area contributed by atoms with Gasteiger partial charge in [-0.2, -0.15) is 0 Å². The van der Waals surface area contributed by atoms with Gasteiger partial charge in [-0.25, -0.2) is 4.57 Å². The maximum Gasteiger partial charge on any atom is 0.472 e. The van der Waals surface area contributed by atoms with Crippen molar-refractivity contribution >= 4 is 31.5 Å². The van der Waals surface area contributed by atoms with E-state index in [1.54, 1.807) is 0 Å². The minimum Gasteiger partial charge on any atom is -0.508 e. The Hall–Kier alpha value is -3.03. The molecule has 0 aliphatic carbocycles. The van der Waals surface area contributed by atoms with Crippen LogP contribution in [0.3, 0.4) is 0 Å². The molecule has 0 saturated heterocycles. The number of phenols is 1. The van der Waals surface area contributed by atoms with Gasteiger partial charge in [-0.1, -0.05) is 181 Å². The van der Waals surface area contributed by atoms with Crippen LogP contribution in [0.25, 0.3) is 0 Å². The highest BCUT2D eigenvalue weighted by Gasteiger charge is 2.28. The number of aromatic hydroxyl groups is 1. The van der Waals surface area contributed by atoms with Crippen molar-refractivity contribution in [2.75, 3.05) is 33.0 Å². The SMILES string of the molecule is CCCCCCCCCCCCCC(=O)N[C@H](COCC[C@H](CCCCCCC)NC(=O)CCCCCCCCCCC)COP(=O)(O)OCCNC(=O)[C@H](Cc1ccc(O)cc1)C(=O)O. The number of phenolic OH excluding ortho intramolecular Hbond substituents is 1. The molecular formula is C51H92N3O11P. The zero-order chi connectivity index (χ0) is 48.5. The highest BCUT2D eigenvalue weighted by molar-refractivity contribution is 7.47. The van der Waals surface area contributed by atoms with Gasteiger partial charge in [0.25, 0.3) is 0 Å². The molecule has 1 aromatic rings. The second-order valence-corrected chi connectivity index (χ2v) is 19.6. The summed E-state index contributed by atoms with van der Waals surface area (Å²) < 4.78 is 29.3. The summed E-state index contributed by atoms with van der Waals surface area (Å²) >= 11 is 0. The Morgan fingerprint density at radius 1 is 0.576 bits per heavy atom. The Labute approximate surface area is 398 Å². The number of nitrogens with one attached hydrogen (secondary N) is 3. The summed E-state index contributed by atoms with van der Waals surface area (Å²) in [5.41, 5.74) is 0.535. The normalized spacial score (nSPS) is 13.7. The molecule has 0 fully saturated rings. The fourth-order valence-corrected chi connectivity index (χ4v) is 8.62. The van der Waals surface area contributed by atoms with E-state index in [-0.39, 0.29) is 49.8 Å². The molecule has 382 valence electrons. The van der Waals surface area contributed by atoms with Gasteiger partial charge in [0.05, 0.1) is 25.9 Å². The predicted octanol–water partition coefficient (Wildman–Crippen LogP) is 11.2. The van der Waals surface area contributed by atoms with Crippen molar-refractivity contribution in [3.63, 3.8) is 0 Å². The molecule has 0 aromatic heterocycles. The van der Waals surface area contributed by atoms with Gasteiger partial charge in [0.15, 0.2) is 0 Å². The monoisotopic (exact) mass is 954 g/mol. The van der Waals surface area contributed by atoms with E-state index in [4.69, 9.17) is 13.8 Å². The summed E-state index contributed by atoms with van der Waals surface area (Å²) in [6.07, 6.45) is 31.2. The van der Waals surface area contributed by atoms with Crippen LogP contribution in [0.5, 0.6) is 5.75 Å². The summed E-state index contributed by atoms with van der Waals surface area (Å²) in [7, 11) is -4.66. The maximum atomic E-state index is 13.1. The van der Waals surface area contributed by atoms with Crippen molar-refractivity contribution in [1.82, 2.24) is 16.0 Å². The Bertz CT molecular complexity index is 1430. The number of carboxylic acid groups (broad SMARTS) is 1. The maximum absolute atomic E-state index is 13.1. The first-order chi connectivity index (χ1) is 31.9. The smallest absolute Gasteiger partial charge is 0.472 e. The molecule has 6 N–H and O–H groups in total. The van der Waals surface area contributed by atoms with Gasteiger partial charge >= 0.3 is 13.8 Å². The first-order valence-corrected chi connectivity index (χ1v) is 27.5. The van der Waals surface area contributed by atoms with Crippen LogP contribution in [-0.2, 0) is 43.9 Å². The second kappa shape index (κ2) is 41.0. The number of hydrogen-bond acceptors (Lipinski definition) is 9. The summed E-state index contributed by atoms with van der Waals surface area (Å²) in [6.45, 7) is 5.86. The van der Waals surface area contributed by atoms with Crippen molar-refractivity contribution in [3.05, 3.63) is 29.8 Å². The lowest BCUT2D eigenvalue weighted by Gasteiger charge is -2.22. The van der Waals surface area contributed by atoms with Crippen molar-refractivity contribution in [1.29, 1.82) is 0 Å². The number of carbonyl (C=O) groups is 4. The van der Waals surface area contributed by atoms with Crippen LogP contribution in [0.1, 0.15) is 213 Å². The standard InChI is InChI=1S/C51H92N3O11P/c1-4-7-10-13-15-17-18-20-22-25-28-31-49(57)54-45(42-65-66(61,62)64-39-37-52-50(58)47(51(59)60)40-43-32-34-46(55)35-33-43)41-63-38-36-44(29-26-23-12-9-6-3)53-48(56)30-27-24-21-19-16-14-11-8-5-2/h32-35,44-45,47,55H,4-31,36-42H2,1-3H3,(H,52,58)(H,53,56)(H,54,57)(H,59,60)(H,61,62)/t44-,45+,47-/m0/s1. The summed E-state index contributed by atoms with van der Waals surface area (Å²) in [4.78, 5) is 61.0. The zero-order valence-corrected chi connectivity index (χ0v) is 42.2. The molecule has 14 nitrogen and oxygen atoms in total. The van der Waals surface area contributed by atoms with E-state index in [0.29, 0.717) is 31.4 Å². The van der Waals surface area contributed by atoms with Gasteiger partial charge in [0.2, 0.25) is 17.7 Å². The Morgan fingerprint density at radius 2 is 1.03 bits per heavy atom. The molecule has 1 unspecified atom stereocenters. The summed E-state index contributed by atoms with van der Waals surface area (Å²) in [5.74, 6) is -3.72. The predicted molar refractivity (Wildman–Crippen MR) is 263 cm³/mol. The third kappa shape index (κ3) is 35.2. The fraction of sp³-hybridized carbons (Fsp3) is 0.804. The van der Waals surface area contributed by atoms with Crippen LogP contribution in [0.15, 0.2) is 24.3 Å². The molecule has 4 atom stereocenters. The molecule has 0 radical (unpaired) electrons. The average molecular weight is 954 g/mol. The molecule has 1 aromatic carbocycles. The number of amides is 3. The molecule has 0 spiro atoms. The molecule has 0 aliphatic rings. The van der Waals surface area contributed by atoms with Gasteiger partial charge in [-0.3, -0.25) is 28.2 Å². The van der Waals surface area contributed by atoms with Gasteiger partial charge < -0.3 is 35.8 Å².